The van der Waals surface area contributed by atoms with Crippen molar-refractivity contribution in [2.45, 2.75) is 62.9 Å². The Bertz CT molecular complexity index is 1270. The number of halogens is 2. The van der Waals surface area contributed by atoms with E-state index in [1.807, 2.05) is 37.3 Å². The molecule has 4 rings (SSSR count). The summed E-state index contributed by atoms with van der Waals surface area (Å²) in [6.45, 7) is 4.00. The number of hydrogen-bond donors (Lipinski definition) is 2. The predicted molar refractivity (Wildman–Crippen MR) is 144 cm³/mol. The van der Waals surface area contributed by atoms with Crippen LogP contribution in [0.1, 0.15) is 62.6 Å². The standard InChI is InChI=1S/C27H32Cl2N2O5S/c1-3-21(14-23-30-11-12-37(23,35)36)31-25(17-7-9-19(28)10-8-17)22(18-5-4-6-20(29)13-18)15-27(2,26(31)34)16-24(32)33/h4-10,13,21-23,25,30H,3,11-12,14-16H2,1-2H3,(H,32,33)/t21-,22+,23?,25+,27+/m0/s1. The average Bonchev–Trinajstić information content (AvgIpc) is 3.17. The van der Waals surface area contributed by atoms with Crippen molar-refractivity contribution in [3.63, 3.8) is 0 Å². The second kappa shape index (κ2) is 10.9. The van der Waals surface area contributed by atoms with Gasteiger partial charge in [-0.15, -0.1) is 0 Å². The van der Waals surface area contributed by atoms with E-state index in [-0.39, 0.29) is 30.4 Å². The molecule has 1 amide bonds. The van der Waals surface area contributed by atoms with E-state index in [1.54, 1.807) is 30.0 Å². The van der Waals surface area contributed by atoms with Crippen LogP contribution in [0, 0.1) is 5.41 Å². The first-order chi connectivity index (χ1) is 17.4. The fraction of sp³-hybridized carbons (Fsp3) is 0.481. The number of carbonyl (C=O) groups is 2. The van der Waals surface area contributed by atoms with Gasteiger partial charge in [0.25, 0.3) is 0 Å². The fourth-order valence-electron chi connectivity index (χ4n) is 5.87. The molecule has 2 saturated heterocycles. The molecule has 10 heteroatoms. The summed E-state index contributed by atoms with van der Waals surface area (Å²) in [4.78, 5) is 27.9. The van der Waals surface area contributed by atoms with Crippen LogP contribution in [0.3, 0.4) is 0 Å². The highest BCUT2D eigenvalue weighted by Gasteiger charge is 2.52. The molecule has 0 radical (unpaired) electrons. The second-order valence-corrected chi connectivity index (χ2v) is 13.5. The van der Waals surface area contributed by atoms with Crippen LogP contribution in [0.25, 0.3) is 0 Å². The van der Waals surface area contributed by atoms with Crippen LogP contribution in [0.5, 0.6) is 0 Å². The zero-order valence-electron chi connectivity index (χ0n) is 20.9. The summed E-state index contributed by atoms with van der Waals surface area (Å²) in [5.41, 5.74) is 0.556. The number of amides is 1. The lowest BCUT2D eigenvalue weighted by atomic mass is 9.67. The highest BCUT2D eigenvalue weighted by atomic mass is 35.5. The maximum absolute atomic E-state index is 14.3. The Morgan fingerprint density at radius 2 is 1.86 bits per heavy atom. The van der Waals surface area contributed by atoms with Gasteiger partial charge < -0.3 is 15.3 Å². The van der Waals surface area contributed by atoms with Gasteiger partial charge in [-0.1, -0.05) is 61.3 Å². The Morgan fingerprint density at radius 3 is 2.43 bits per heavy atom. The Hall–Kier alpha value is -2.13. The van der Waals surface area contributed by atoms with Crippen LogP contribution in [0.15, 0.2) is 48.5 Å². The number of rotatable bonds is 8. The Balaban J connectivity index is 1.88. The molecule has 5 atom stereocenters. The minimum atomic E-state index is -3.33. The van der Waals surface area contributed by atoms with Gasteiger partial charge in [0.2, 0.25) is 5.91 Å². The summed E-state index contributed by atoms with van der Waals surface area (Å²) in [6, 6.07) is 13.8. The molecule has 0 aliphatic carbocycles. The SMILES string of the molecule is CC[C@@H](CC1NCCS1(=O)=O)N1C(=O)[C@@](C)(CC(=O)O)C[C@H](c2cccc(Cl)c2)[C@H]1c1ccc(Cl)cc1. The Morgan fingerprint density at radius 1 is 1.16 bits per heavy atom. The molecule has 2 aromatic rings. The first kappa shape index (κ1) is 27.9. The average molecular weight is 568 g/mol. The molecule has 0 aromatic heterocycles. The zero-order chi connectivity index (χ0) is 27.0. The number of hydrogen-bond acceptors (Lipinski definition) is 5. The van der Waals surface area contributed by atoms with Crippen molar-refractivity contribution in [2.75, 3.05) is 12.3 Å². The predicted octanol–water partition coefficient (Wildman–Crippen LogP) is 5.04. The maximum Gasteiger partial charge on any atom is 0.304 e. The molecule has 2 aliphatic rings. The number of carboxylic acid groups (broad SMARTS) is 1. The number of piperidine rings is 1. The van der Waals surface area contributed by atoms with Gasteiger partial charge in [-0.25, -0.2) is 8.42 Å². The summed E-state index contributed by atoms with van der Waals surface area (Å²) in [6.07, 6.45) is 0.705. The van der Waals surface area contributed by atoms with E-state index in [1.165, 1.54) is 0 Å². The Labute approximate surface area is 228 Å². The van der Waals surface area contributed by atoms with Gasteiger partial charge in [0.1, 0.15) is 5.37 Å². The number of aliphatic carboxylic acids is 1. The molecule has 200 valence electrons. The molecule has 1 unspecified atom stereocenters. The molecular formula is C27H32Cl2N2O5S. The van der Waals surface area contributed by atoms with Crippen molar-refractivity contribution in [1.82, 2.24) is 10.2 Å². The number of carboxylic acids is 1. The lowest BCUT2D eigenvalue weighted by molar-refractivity contribution is -0.160. The van der Waals surface area contributed by atoms with Gasteiger partial charge in [-0.2, -0.15) is 0 Å². The second-order valence-electron chi connectivity index (χ2n) is 10.3. The van der Waals surface area contributed by atoms with Crippen LogP contribution in [0.2, 0.25) is 10.0 Å². The first-order valence-electron chi connectivity index (χ1n) is 12.5. The molecule has 37 heavy (non-hydrogen) atoms. The number of carbonyl (C=O) groups excluding carboxylic acids is 1. The van der Waals surface area contributed by atoms with Crippen molar-refractivity contribution >= 4 is 44.9 Å². The molecule has 2 fully saturated rings. The van der Waals surface area contributed by atoms with E-state index in [0.717, 1.165) is 11.1 Å². The number of nitrogens with one attached hydrogen (secondary N) is 1. The van der Waals surface area contributed by atoms with Gasteiger partial charge in [0.05, 0.1) is 23.6 Å². The van der Waals surface area contributed by atoms with Crippen molar-refractivity contribution < 1.29 is 23.1 Å². The van der Waals surface area contributed by atoms with E-state index in [2.05, 4.69) is 5.32 Å². The lowest BCUT2D eigenvalue weighted by Gasteiger charge is -2.52. The van der Waals surface area contributed by atoms with E-state index in [9.17, 15) is 23.1 Å². The lowest BCUT2D eigenvalue weighted by Crippen LogP contribution is -2.57. The van der Waals surface area contributed by atoms with Crippen molar-refractivity contribution in [1.29, 1.82) is 0 Å². The summed E-state index contributed by atoms with van der Waals surface area (Å²) in [5.74, 6) is -1.55. The smallest absolute Gasteiger partial charge is 0.304 e. The van der Waals surface area contributed by atoms with Gasteiger partial charge in [0.15, 0.2) is 9.84 Å². The molecule has 2 aliphatic heterocycles. The zero-order valence-corrected chi connectivity index (χ0v) is 23.2. The van der Waals surface area contributed by atoms with E-state index in [0.29, 0.717) is 29.4 Å². The van der Waals surface area contributed by atoms with Crippen LogP contribution in [-0.4, -0.2) is 54.0 Å². The third-order valence-electron chi connectivity index (χ3n) is 7.67. The van der Waals surface area contributed by atoms with Crippen LogP contribution < -0.4 is 5.32 Å². The summed E-state index contributed by atoms with van der Waals surface area (Å²) in [7, 11) is -3.33. The molecule has 2 aromatic carbocycles. The summed E-state index contributed by atoms with van der Waals surface area (Å²) < 4.78 is 25.4. The third-order valence-corrected chi connectivity index (χ3v) is 10.2. The summed E-state index contributed by atoms with van der Waals surface area (Å²) >= 11 is 12.6. The molecule has 2 N–H and O–H groups in total. The monoisotopic (exact) mass is 566 g/mol. The Kier molecular flexibility index (Phi) is 8.24. The van der Waals surface area contributed by atoms with Crippen LogP contribution in [-0.2, 0) is 19.4 Å². The molecule has 0 spiro atoms. The van der Waals surface area contributed by atoms with Gasteiger partial charge >= 0.3 is 5.97 Å². The van der Waals surface area contributed by atoms with Gasteiger partial charge in [-0.3, -0.25) is 9.59 Å². The first-order valence-corrected chi connectivity index (χ1v) is 14.9. The molecule has 0 bridgehead atoms. The van der Waals surface area contributed by atoms with E-state index in [4.69, 9.17) is 23.2 Å². The highest BCUT2D eigenvalue weighted by molar-refractivity contribution is 7.92. The number of benzene rings is 2. The largest absolute Gasteiger partial charge is 0.481 e. The van der Waals surface area contributed by atoms with Crippen LogP contribution >= 0.6 is 23.2 Å². The normalized spacial score (nSPS) is 28.3. The molecule has 7 nitrogen and oxygen atoms in total. The summed E-state index contributed by atoms with van der Waals surface area (Å²) in [5, 5.41) is 13.2. The van der Waals surface area contributed by atoms with Crippen molar-refractivity contribution in [2.24, 2.45) is 5.41 Å². The van der Waals surface area contributed by atoms with Gasteiger partial charge in [0, 0.05) is 28.5 Å². The van der Waals surface area contributed by atoms with E-state index < -0.39 is 38.7 Å². The number of likely N-dealkylation sites (tertiary alicyclic amines) is 1. The van der Waals surface area contributed by atoms with Crippen LogP contribution in [0.4, 0.5) is 0 Å². The van der Waals surface area contributed by atoms with Gasteiger partial charge in [-0.05, 0) is 54.7 Å². The molecular weight excluding hydrogens is 535 g/mol. The molecule has 0 saturated carbocycles. The van der Waals surface area contributed by atoms with E-state index >= 15 is 0 Å². The van der Waals surface area contributed by atoms with Crippen molar-refractivity contribution in [3.05, 3.63) is 69.7 Å². The minimum Gasteiger partial charge on any atom is -0.481 e. The fourth-order valence-corrected chi connectivity index (χ4v) is 7.77. The maximum atomic E-state index is 14.3. The molecule has 2 heterocycles. The minimum absolute atomic E-state index is 0.0600. The highest BCUT2D eigenvalue weighted by Crippen LogP contribution is 2.52. The number of nitrogens with zero attached hydrogens (tertiary/aromatic N) is 1. The number of sulfone groups is 1. The quantitative estimate of drug-likeness (QED) is 0.463. The van der Waals surface area contributed by atoms with Crippen molar-refractivity contribution in [3.8, 4) is 0 Å². The third kappa shape index (κ3) is 5.82. The topological polar surface area (TPSA) is 104 Å².